The number of halogens is 2. The summed E-state index contributed by atoms with van der Waals surface area (Å²) in [6, 6.07) is 1.12. The van der Waals surface area contributed by atoms with Crippen LogP contribution in [-0.2, 0) is 19.6 Å². The summed E-state index contributed by atoms with van der Waals surface area (Å²) < 4.78 is 66.6. The third kappa shape index (κ3) is 5.18. The molecule has 0 radical (unpaired) electrons. The molecule has 1 aromatic rings. The van der Waals surface area contributed by atoms with Crippen LogP contribution in [0.25, 0.3) is 0 Å². The van der Waals surface area contributed by atoms with Crippen LogP contribution in [0.5, 0.6) is 5.75 Å². The summed E-state index contributed by atoms with van der Waals surface area (Å²) in [6.45, 7) is 0.238. The number of benzene rings is 1. The molecule has 3 heterocycles. The molecule has 1 saturated carbocycles. The molecule has 1 aliphatic carbocycles. The number of amides is 1. The lowest BCUT2D eigenvalue weighted by Gasteiger charge is -2.41. The molecule has 2 bridgehead atoms. The van der Waals surface area contributed by atoms with E-state index in [1.807, 2.05) is 0 Å². The SMILES string of the molecule is CS(=O)(=O)NC1CCCN2C(=O)COc3c(F)cc(F)cc3C3CCC(CC3)OC[C@@H]12. The molecular weight excluding hydrogens is 430 g/mol. The third-order valence-electron chi connectivity index (χ3n) is 6.46. The van der Waals surface area contributed by atoms with E-state index in [0.717, 1.165) is 12.3 Å². The normalized spacial score (nSPS) is 29.8. The van der Waals surface area contributed by atoms with Crippen LogP contribution in [0.15, 0.2) is 12.1 Å². The predicted octanol–water partition coefficient (Wildman–Crippen LogP) is 2.31. The summed E-state index contributed by atoms with van der Waals surface area (Å²) in [5.74, 6) is -2.01. The first-order chi connectivity index (χ1) is 14.7. The van der Waals surface area contributed by atoms with E-state index >= 15 is 0 Å². The Morgan fingerprint density at radius 3 is 2.58 bits per heavy atom. The van der Waals surface area contributed by atoms with Gasteiger partial charge in [0.15, 0.2) is 18.2 Å². The van der Waals surface area contributed by atoms with Crippen molar-refractivity contribution in [2.24, 2.45) is 0 Å². The molecule has 31 heavy (non-hydrogen) atoms. The number of nitrogens with zero attached hydrogens (tertiary/aromatic N) is 1. The van der Waals surface area contributed by atoms with Gasteiger partial charge in [0.2, 0.25) is 10.0 Å². The van der Waals surface area contributed by atoms with E-state index in [2.05, 4.69) is 4.72 Å². The predicted molar refractivity (Wildman–Crippen MR) is 109 cm³/mol. The van der Waals surface area contributed by atoms with Gasteiger partial charge in [0.05, 0.1) is 25.0 Å². The highest BCUT2D eigenvalue weighted by Crippen LogP contribution is 2.40. The molecule has 4 aliphatic rings. The highest BCUT2D eigenvalue weighted by Gasteiger charge is 2.38. The number of sulfonamides is 1. The Kier molecular flexibility index (Phi) is 6.50. The number of fused-ring (bicyclic) bond motifs is 5. The molecule has 1 unspecified atom stereocenters. The van der Waals surface area contributed by atoms with Gasteiger partial charge in [0, 0.05) is 24.2 Å². The molecule has 10 heteroatoms. The summed E-state index contributed by atoms with van der Waals surface area (Å²) in [6.07, 6.45) is 5.08. The van der Waals surface area contributed by atoms with Crippen molar-refractivity contribution in [3.8, 4) is 5.75 Å². The number of carbonyl (C=O) groups is 1. The van der Waals surface area contributed by atoms with Crippen LogP contribution >= 0.6 is 0 Å². The van der Waals surface area contributed by atoms with Crippen LogP contribution in [0.2, 0.25) is 0 Å². The molecule has 5 rings (SSSR count). The lowest BCUT2D eigenvalue weighted by molar-refractivity contribution is -0.140. The fourth-order valence-corrected chi connectivity index (χ4v) is 5.84. The molecule has 0 aromatic heterocycles. The third-order valence-corrected chi connectivity index (χ3v) is 7.19. The van der Waals surface area contributed by atoms with Crippen molar-refractivity contribution in [1.29, 1.82) is 0 Å². The maximum atomic E-state index is 14.6. The van der Waals surface area contributed by atoms with Gasteiger partial charge in [-0.3, -0.25) is 4.79 Å². The molecule has 1 saturated heterocycles. The van der Waals surface area contributed by atoms with Crippen molar-refractivity contribution in [3.05, 3.63) is 29.3 Å². The summed E-state index contributed by atoms with van der Waals surface area (Å²) in [5, 5.41) is 0. The van der Waals surface area contributed by atoms with Gasteiger partial charge < -0.3 is 14.4 Å². The zero-order valence-electron chi connectivity index (χ0n) is 17.5. The first-order valence-electron chi connectivity index (χ1n) is 10.7. The second-order valence-corrected chi connectivity index (χ2v) is 10.5. The standard InChI is InChI=1S/C21H28F2N2O5S/c1-31(27,28)24-18-3-2-8-25-19(18)11-29-15-6-4-13(5-7-15)16-9-14(22)10-17(23)21(16)30-12-20(25)26/h9-10,13,15,18-19,24H,2-8,11-12H2,1H3/t13?,15?,18?,19-/m0/s1. The molecule has 2 fully saturated rings. The molecule has 172 valence electrons. The van der Waals surface area contributed by atoms with E-state index in [1.165, 1.54) is 6.07 Å². The Balaban J connectivity index is 1.65. The van der Waals surface area contributed by atoms with Crippen LogP contribution in [0.4, 0.5) is 8.78 Å². The molecular formula is C21H28F2N2O5S. The van der Waals surface area contributed by atoms with E-state index < -0.39 is 40.3 Å². The minimum atomic E-state index is -3.47. The molecule has 1 aromatic carbocycles. The highest BCUT2D eigenvalue weighted by molar-refractivity contribution is 7.88. The van der Waals surface area contributed by atoms with Crippen LogP contribution in [0.1, 0.15) is 50.0 Å². The van der Waals surface area contributed by atoms with Crippen molar-refractivity contribution in [3.63, 3.8) is 0 Å². The van der Waals surface area contributed by atoms with Gasteiger partial charge in [-0.2, -0.15) is 0 Å². The van der Waals surface area contributed by atoms with Gasteiger partial charge in [-0.05, 0) is 50.5 Å². The maximum absolute atomic E-state index is 14.6. The Morgan fingerprint density at radius 1 is 1.13 bits per heavy atom. The number of piperidine rings is 1. The monoisotopic (exact) mass is 458 g/mol. The lowest BCUT2D eigenvalue weighted by Crippen LogP contribution is -2.59. The Bertz CT molecular complexity index is 934. The highest BCUT2D eigenvalue weighted by atomic mass is 32.2. The molecule has 3 aliphatic heterocycles. The first kappa shape index (κ1) is 22.4. The number of carbonyl (C=O) groups excluding carboxylic acids is 1. The molecule has 7 nitrogen and oxygen atoms in total. The minimum Gasteiger partial charge on any atom is -0.480 e. The fraction of sp³-hybridized carbons (Fsp3) is 0.667. The number of ether oxygens (including phenoxy) is 2. The maximum Gasteiger partial charge on any atom is 0.260 e. The zero-order valence-corrected chi connectivity index (χ0v) is 18.3. The van der Waals surface area contributed by atoms with Crippen LogP contribution < -0.4 is 9.46 Å². The van der Waals surface area contributed by atoms with Crippen molar-refractivity contribution in [2.75, 3.05) is 26.0 Å². The van der Waals surface area contributed by atoms with Gasteiger partial charge in [-0.25, -0.2) is 21.9 Å². The van der Waals surface area contributed by atoms with E-state index in [9.17, 15) is 22.0 Å². The smallest absolute Gasteiger partial charge is 0.260 e. The number of hydrogen-bond acceptors (Lipinski definition) is 5. The second kappa shape index (κ2) is 8.99. The second-order valence-electron chi connectivity index (χ2n) is 8.69. The fourth-order valence-electron chi connectivity index (χ4n) is 5.01. The van der Waals surface area contributed by atoms with E-state index in [1.54, 1.807) is 4.90 Å². The van der Waals surface area contributed by atoms with Crippen molar-refractivity contribution in [2.45, 2.75) is 62.6 Å². The van der Waals surface area contributed by atoms with Gasteiger partial charge >= 0.3 is 0 Å². The number of rotatable bonds is 2. The van der Waals surface area contributed by atoms with Crippen LogP contribution in [-0.4, -0.2) is 63.4 Å². The van der Waals surface area contributed by atoms with Crippen LogP contribution in [0, 0.1) is 11.6 Å². The van der Waals surface area contributed by atoms with Crippen molar-refractivity contribution < 1.29 is 31.5 Å². The van der Waals surface area contributed by atoms with Gasteiger partial charge in [-0.15, -0.1) is 0 Å². The molecule has 1 N–H and O–H groups in total. The van der Waals surface area contributed by atoms with Crippen LogP contribution in [0.3, 0.4) is 0 Å². The molecule has 2 atom stereocenters. The minimum absolute atomic E-state index is 0.0439. The summed E-state index contributed by atoms with van der Waals surface area (Å²) >= 11 is 0. The van der Waals surface area contributed by atoms with E-state index in [4.69, 9.17) is 9.47 Å². The van der Waals surface area contributed by atoms with Gasteiger partial charge in [-0.1, -0.05) is 0 Å². The topological polar surface area (TPSA) is 84.9 Å². The summed E-state index contributed by atoms with van der Waals surface area (Å²) in [4.78, 5) is 14.6. The average molecular weight is 459 g/mol. The van der Waals surface area contributed by atoms with Crippen molar-refractivity contribution >= 4 is 15.9 Å². The largest absolute Gasteiger partial charge is 0.480 e. The van der Waals surface area contributed by atoms with E-state index in [-0.39, 0.29) is 30.3 Å². The summed E-state index contributed by atoms with van der Waals surface area (Å²) in [5.41, 5.74) is 0.454. The van der Waals surface area contributed by atoms with Gasteiger partial charge in [0.1, 0.15) is 5.82 Å². The molecule has 1 amide bonds. The summed E-state index contributed by atoms with van der Waals surface area (Å²) in [7, 11) is -3.47. The van der Waals surface area contributed by atoms with E-state index in [0.29, 0.717) is 50.6 Å². The lowest BCUT2D eigenvalue weighted by atomic mass is 9.82. The Morgan fingerprint density at radius 2 is 1.87 bits per heavy atom. The van der Waals surface area contributed by atoms with Crippen molar-refractivity contribution in [1.82, 2.24) is 9.62 Å². The first-order valence-corrected chi connectivity index (χ1v) is 12.6. The number of nitrogens with one attached hydrogen (secondary N) is 1. The quantitative estimate of drug-likeness (QED) is 0.735. The van der Waals surface area contributed by atoms with Gasteiger partial charge in [0.25, 0.3) is 5.91 Å². The number of hydrogen-bond donors (Lipinski definition) is 1. The molecule has 0 spiro atoms. The zero-order chi connectivity index (χ0) is 22.2. The average Bonchev–Trinajstić information content (AvgIpc) is 2.71. The Labute approximate surface area is 181 Å². The Hall–Kier alpha value is -1.78.